The lowest BCUT2D eigenvalue weighted by molar-refractivity contribution is -0.0172. The molecule has 8 heteroatoms. The second-order valence-corrected chi connectivity index (χ2v) is 6.08. The van der Waals surface area contributed by atoms with Gasteiger partial charge >= 0.3 is 0 Å². The Morgan fingerprint density at radius 1 is 1.21 bits per heavy atom. The van der Waals surface area contributed by atoms with E-state index < -0.39 is 0 Å². The van der Waals surface area contributed by atoms with Crippen LogP contribution in [0.3, 0.4) is 0 Å². The monoisotopic (exact) mass is 501 g/mol. The molecule has 0 spiro atoms. The summed E-state index contributed by atoms with van der Waals surface area (Å²) in [6.07, 6.45) is 0.607. The van der Waals surface area contributed by atoms with Gasteiger partial charge in [0.15, 0.2) is 12.8 Å². The molecule has 0 radical (unpaired) electrons. The molecule has 28 heavy (non-hydrogen) atoms. The van der Waals surface area contributed by atoms with Crippen molar-refractivity contribution in [3.8, 4) is 11.5 Å². The third-order valence-corrected chi connectivity index (χ3v) is 4.30. The number of fused-ring (bicyclic) bond motifs is 1. The van der Waals surface area contributed by atoms with E-state index in [0.29, 0.717) is 32.1 Å². The average Bonchev–Trinajstić information content (AvgIpc) is 2.70. The quantitative estimate of drug-likeness (QED) is 0.362. The van der Waals surface area contributed by atoms with Gasteiger partial charge in [0.1, 0.15) is 17.3 Å². The van der Waals surface area contributed by atoms with Gasteiger partial charge in [-0.1, -0.05) is 18.2 Å². The summed E-state index contributed by atoms with van der Waals surface area (Å²) in [6, 6.07) is 10.8. The molecule has 1 aliphatic rings. The number of rotatable bonds is 6. The standard InChI is InChI=1S/C20H24FN3O3.HI/c1-22-20(24-11-15-5-3-4-6-18(15)25-2)23-8-7-14-9-17(21)10-16-12-26-13-27-19(14)16;/h3-6,9-10H,7-8,11-13H2,1-2H3,(H2,22,23,24);1H. The Hall–Kier alpha value is -2.07. The highest BCUT2D eigenvalue weighted by molar-refractivity contribution is 14.0. The van der Waals surface area contributed by atoms with Crippen LogP contribution in [0.25, 0.3) is 0 Å². The van der Waals surface area contributed by atoms with E-state index in [4.69, 9.17) is 14.2 Å². The van der Waals surface area contributed by atoms with Gasteiger partial charge in [-0.3, -0.25) is 4.99 Å². The number of aliphatic imine (C=N–C) groups is 1. The van der Waals surface area contributed by atoms with Crippen molar-refractivity contribution in [2.75, 3.05) is 27.5 Å². The van der Waals surface area contributed by atoms with E-state index in [1.165, 1.54) is 12.1 Å². The van der Waals surface area contributed by atoms with E-state index >= 15 is 0 Å². The lowest BCUT2D eigenvalue weighted by Crippen LogP contribution is -2.38. The van der Waals surface area contributed by atoms with Gasteiger partial charge in [0, 0.05) is 31.3 Å². The summed E-state index contributed by atoms with van der Waals surface area (Å²) in [5.41, 5.74) is 2.60. The minimum atomic E-state index is -0.281. The van der Waals surface area contributed by atoms with Crippen molar-refractivity contribution in [1.29, 1.82) is 0 Å². The molecule has 152 valence electrons. The van der Waals surface area contributed by atoms with Gasteiger partial charge in [-0.2, -0.15) is 0 Å². The predicted molar refractivity (Wildman–Crippen MR) is 117 cm³/mol. The van der Waals surface area contributed by atoms with Crippen LogP contribution in [0.2, 0.25) is 0 Å². The molecule has 2 N–H and O–H groups in total. The summed E-state index contributed by atoms with van der Waals surface area (Å²) in [5, 5.41) is 6.49. The first-order valence-corrected chi connectivity index (χ1v) is 8.79. The van der Waals surface area contributed by atoms with Crippen LogP contribution in [0.4, 0.5) is 4.39 Å². The Morgan fingerprint density at radius 2 is 2.04 bits per heavy atom. The maximum absolute atomic E-state index is 13.8. The number of halogens is 2. The van der Waals surface area contributed by atoms with Crippen molar-refractivity contribution in [3.05, 3.63) is 58.9 Å². The summed E-state index contributed by atoms with van der Waals surface area (Å²) < 4.78 is 29.9. The number of methoxy groups -OCH3 is 1. The molecule has 0 aromatic heterocycles. The number of nitrogens with zero attached hydrogens (tertiary/aromatic N) is 1. The van der Waals surface area contributed by atoms with Crippen molar-refractivity contribution in [2.24, 2.45) is 4.99 Å². The van der Waals surface area contributed by atoms with Gasteiger partial charge in [0.25, 0.3) is 0 Å². The van der Waals surface area contributed by atoms with Crippen LogP contribution < -0.4 is 20.1 Å². The van der Waals surface area contributed by atoms with Gasteiger partial charge in [-0.05, 0) is 30.2 Å². The molecule has 1 aliphatic heterocycles. The molecule has 2 aromatic rings. The zero-order valence-electron chi connectivity index (χ0n) is 16.0. The molecule has 0 atom stereocenters. The Balaban J connectivity index is 0.00000280. The summed E-state index contributed by atoms with van der Waals surface area (Å²) >= 11 is 0. The van der Waals surface area contributed by atoms with Crippen molar-refractivity contribution in [2.45, 2.75) is 19.6 Å². The van der Waals surface area contributed by atoms with Crippen molar-refractivity contribution < 1.29 is 18.6 Å². The number of hydrogen-bond donors (Lipinski definition) is 2. The molecule has 0 fully saturated rings. The number of para-hydroxylation sites is 1. The lowest BCUT2D eigenvalue weighted by atomic mass is 10.1. The first kappa shape index (κ1) is 22.2. The van der Waals surface area contributed by atoms with E-state index in [9.17, 15) is 4.39 Å². The second-order valence-electron chi connectivity index (χ2n) is 6.08. The number of guanidine groups is 1. The first-order chi connectivity index (χ1) is 13.2. The van der Waals surface area contributed by atoms with Gasteiger partial charge in [0.05, 0.1) is 13.7 Å². The first-order valence-electron chi connectivity index (χ1n) is 8.79. The normalized spacial score (nSPS) is 13.0. The van der Waals surface area contributed by atoms with E-state index in [2.05, 4.69) is 15.6 Å². The van der Waals surface area contributed by atoms with Crippen LogP contribution in [-0.4, -0.2) is 33.5 Å². The van der Waals surface area contributed by atoms with E-state index in [-0.39, 0.29) is 36.6 Å². The number of nitrogens with one attached hydrogen (secondary N) is 2. The highest BCUT2D eigenvalue weighted by Crippen LogP contribution is 2.29. The molecule has 0 saturated carbocycles. The molecule has 0 bridgehead atoms. The summed E-state index contributed by atoms with van der Waals surface area (Å²) in [7, 11) is 3.36. The number of hydrogen-bond acceptors (Lipinski definition) is 4. The fraction of sp³-hybridized carbons (Fsp3) is 0.350. The molecule has 3 rings (SSSR count). The van der Waals surface area contributed by atoms with Gasteiger partial charge in [-0.15, -0.1) is 24.0 Å². The summed E-state index contributed by atoms with van der Waals surface area (Å²) in [5.74, 6) is 1.93. The molecule has 0 saturated heterocycles. The Bertz CT molecular complexity index is 817. The lowest BCUT2D eigenvalue weighted by Gasteiger charge is -2.21. The highest BCUT2D eigenvalue weighted by Gasteiger charge is 2.16. The van der Waals surface area contributed by atoms with Crippen molar-refractivity contribution in [1.82, 2.24) is 10.6 Å². The summed E-state index contributed by atoms with van der Waals surface area (Å²) in [4.78, 5) is 4.22. The molecular weight excluding hydrogens is 476 g/mol. The second kappa shape index (κ2) is 11.1. The van der Waals surface area contributed by atoms with Gasteiger partial charge in [-0.25, -0.2) is 4.39 Å². The summed E-state index contributed by atoms with van der Waals surface area (Å²) in [6.45, 7) is 1.74. The molecule has 6 nitrogen and oxygen atoms in total. The zero-order chi connectivity index (χ0) is 19.1. The zero-order valence-corrected chi connectivity index (χ0v) is 18.3. The fourth-order valence-corrected chi connectivity index (χ4v) is 3.01. The van der Waals surface area contributed by atoms with Crippen LogP contribution in [0.5, 0.6) is 11.5 Å². The average molecular weight is 501 g/mol. The third-order valence-electron chi connectivity index (χ3n) is 4.30. The van der Waals surface area contributed by atoms with Crippen LogP contribution in [0, 0.1) is 5.82 Å². The van der Waals surface area contributed by atoms with E-state index in [1.807, 2.05) is 24.3 Å². The predicted octanol–water partition coefficient (Wildman–Crippen LogP) is 3.23. The molecule has 2 aromatic carbocycles. The van der Waals surface area contributed by atoms with Crippen LogP contribution >= 0.6 is 24.0 Å². The van der Waals surface area contributed by atoms with E-state index in [0.717, 1.165) is 28.2 Å². The molecular formula is C20H25FIN3O3. The topological polar surface area (TPSA) is 64.1 Å². The van der Waals surface area contributed by atoms with Crippen LogP contribution in [-0.2, 0) is 24.3 Å². The number of ether oxygens (including phenoxy) is 3. The van der Waals surface area contributed by atoms with Gasteiger partial charge in [0.2, 0.25) is 0 Å². The van der Waals surface area contributed by atoms with Crippen LogP contribution in [0.1, 0.15) is 16.7 Å². The Kier molecular flexibility index (Phi) is 8.78. The molecule has 0 unspecified atom stereocenters. The largest absolute Gasteiger partial charge is 0.496 e. The minimum Gasteiger partial charge on any atom is -0.496 e. The van der Waals surface area contributed by atoms with Crippen LogP contribution in [0.15, 0.2) is 41.4 Å². The molecule has 0 aliphatic carbocycles. The fourth-order valence-electron chi connectivity index (χ4n) is 3.01. The number of benzene rings is 2. The third kappa shape index (κ3) is 5.71. The highest BCUT2D eigenvalue weighted by atomic mass is 127. The van der Waals surface area contributed by atoms with E-state index in [1.54, 1.807) is 14.2 Å². The van der Waals surface area contributed by atoms with Gasteiger partial charge < -0.3 is 24.8 Å². The maximum Gasteiger partial charge on any atom is 0.191 e. The van der Waals surface area contributed by atoms with Crippen molar-refractivity contribution >= 4 is 29.9 Å². The Labute approximate surface area is 181 Å². The smallest absolute Gasteiger partial charge is 0.191 e. The molecule has 1 heterocycles. The van der Waals surface area contributed by atoms with Crippen molar-refractivity contribution in [3.63, 3.8) is 0 Å². The molecule has 0 amide bonds. The maximum atomic E-state index is 13.8. The SMILES string of the molecule is CN=C(NCCc1cc(F)cc2c1OCOC2)NCc1ccccc1OC.I. The minimum absolute atomic E-state index is 0. The Morgan fingerprint density at radius 3 is 2.82 bits per heavy atom.